The van der Waals surface area contributed by atoms with E-state index >= 15 is 0 Å². The third-order valence-corrected chi connectivity index (χ3v) is 6.79. The maximum absolute atomic E-state index is 13.5. The van der Waals surface area contributed by atoms with Gasteiger partial charge in [0, 0.05) is 26.0 Å². The van der Waals surface area contributed by atoms with Gasteiger partial charge in [0.2, 0.25) is 0 Å². The van der Waals surface area contributed by atoms with Crippen LogP contribution in [0.1, 0.15) is 42.4 Å². The Kier molecular flexibility index (Phi) is 8.67. The summed E-state index contributed by atoms with van der Waals surface area (Å²) in [6.07, 6.45) is -1.92. The first-order chi connectivity index (χ1) is 17.4. The molecular formula is C27H31FN2O6. The van der Waals surface area contributed by atoms with Gasteiger partial charge in [-0.2, -0.15) is 5.26 Å². The van der Waals surface area contributed by atoms with E-state index in [1.165, 1.54) is 12.1 Å². The van der Waals surface area contributed by atoms with Crippen molar-refractivity contribution in [2.24, 2.45) is 0 Å². The SMILES string of the molecule is N#Cc1ccccc1COC1C[C@](OCc2ccc(F)cc2)(C(=O)NCC2CCCO2)C[C@@H](O)[C@H]1O. The number of nitriles is 1. The molecule has 0 spiro atoms. The highest BCUT2D eigenvalue weighted by molar-refractivity contribution is 5.85. The Morgan fingerprint density at radius 1 is 1.17 bits per heavy atom. The van der Waals surface area contributed by atoms with E-state index in [-0.39, 0.29) is 38.0 Å². The van der Waals surface area contributed by atoms with Crippen molar-refractivity contribution < 1.29 is 33.6 Å². The number of hydrogen-bond acceptors (Lipinski definition) is 7. The van der Waals surface area contributed by atoms with Crippen molar-refractivity contribution in [1.29, 1.82) is 5.26 Å². The van der Waals surface area contributed by atoms with Crippen LogP contribution in [0, 0.1) is 17.1 Å². The van der Waals surface area contributed by atoms with Gasteiger partial charge in [0.1, 0.15) is 11.9 Å². The van der Waals surface area contributed by atoms with E-state index in [0.29, 0.717) is 29.8 Å². The minimum Gasteiger partial charge on any atom is -0.390 e. The summed E-state index contributed by atoms with van der Waals surface area (Å²) in [5.41, 5.74) is 0.235. The molecule has 2 aromatic rings. The minimum atomic E-state index is -1.49. The van der Waals surface area contributed by atoms with Gasteiger partial charge in [0.15, 0.2) is 5.60 Å². The van der Waals surface area contributed by atoms with Crippen LogP contribution in [0.25, 0.3) is 0 Å². The van der Waals surface area contributed by atoms with Gasteiger partial charge < -0.3 is 29.7 Å². The summed E-state index contributed by atoms with van der Waals surface area (Å²) < 4.78 is 31.0. The number of aliphatic hydroxyl groups excluding tert-OH is 2. The average molecular weight is 499 g/mol. The van der Waals surface area contributed by atoms with E-state index in [1.807, 2.05) is 0 Å². The summed E-state index contributed by atoms with van der Waals surface area (Å²) >= 11 is 0. The Morgan fingerprint density at radius 3 is 2.67 bits per heavy atom. The average Bonchev–Trinajstić information content (AvgIpc) is 3.42. The van der Waals surface area contributed by atoms with Gasteiger partial charge in [-0.25, -0.2) is 4.39 Å². The molecule has 2 aromatic carbocycles. The minimum absolute atomic E-state index is 0.000426. The smallest absolute Gasteiger partial charge is 0.252 e. The fourth-order valence-electron chi connectivity index (χ4n) is 4.69. The molecule has 36 heavy (non-hydrogen) atoms. The number of nitrogens with zero attached hydrogens (tertiary/aromatic N) is 1. The van der Waals surface area contributed by atoms with E-state index in [9.17, 15) is 24.7 Å². The van der Waals surface area contributed by atoms with Crippen molar-refractivity contribution in [3.63, 3.8) is 0 Å². The molecule has 3 N–H and O–H groups in total. The Balaban J connectivity index is 1.52. The Bertz CT molecular complexity index is 1070. The molecule has 9 heteroatoms. The van der Waals surface area contributed by atoms with E-state index in [2.05, 4.69) is 11.4 Å². The summed E-state index contributed by atoms with van der Waals surface area (Å²) in [5, 5.41) is 33.6. The lowest BCUT2D eigenvalue weighted by Gasteiger charge is -2.44. The van der Waals surface area contributed by atoms with Crippen LogP contribution in [0.2, 0.25) is 0 Å². The summed E-state index contributed by atoms with van der Waals surface area (Å²) in [4.78, 5) is 13.5. The molecule has 4 rings (SSSR count). The van der Waals surface area contributed by atoms with Crippen LogP contribution in [-0.4, -0.2) is 59.3 Å². The van der Waals surface area contributed by atoms with Gasteiger partial charge in [-0.15, -0.1) is 0 Å². The zero-order chi connectivity index (χ0) is 25.5. The molecule has 8 nitrogen and oxygen atoms in total. The molecule has 1 aliphatic carbocycles. The number of halogens is 1. The van der Waals surface area contributed by atoms with Gasteiger partial charge in [0.05, 0.1) is 43.2 Å². The molecule has 1 saturated heterocycles. The maximum Gasteiger partial charge on any atom is 0.252 e. The zero-order valence-corrected chi connectivity index (χ0v) is 19.9. The number of carbonyl (C=O) groups excluding carboxylic acids is 1. The van der Waals surface area contributed by atoms with Crippen molar-refractivity contribution in [1.82, 2.24) is 5.32 Å². The lowest BCUT2D eigenvalue weighted by molar-refractivity contribution is -0.200. The molecule has 2 fully saturated rings. The number of rotatable bonds is 9. The molecule has 1 amide bonds. The molecule has 1 saturated carbocycles. The van der Waals surface area contributed by atoms with E-state index in [4.69, 9.17) is 14.2 Å². The van der Waals surface area contributed by atoms with Gasteiger partial charge in [-0.05, 0) is 42.2 Å². The highest BCUT2D eigenvalue weighted by Gasteiger charge is 2.51. The third kappa shape index (κ3) is 6.27. The molecule has 5 atom stereocenters. The van der Waals surface area contributed by atoms with Crippen molar-refractivity contribution in [2.75, 3.05) is 13.2 Å². The zero-order valence-electron chi connectivity index (χ0n) is 19.9. The largest absolute Gasteiger partial charge is 0.390 e. The first-order valence-corrected chi connectivity index (χ1v) is 12.1. The maximum atomic E-state index is 13.5. The van der Waals surface area contributed by atoms with Crippen LogP contribution in [0.3, 0.4) is 0 Å². The molecule has 192 valence electrons. The van der Waals surface area contributed by atoms with Crippen LogP contribution < -0.4 is 5.32 Å². The number of nitrogens with one attached hydrogen (secondary N) is 1. The number of hydrogen-bond donors (Lipinski definition) is 3. The summed E-state index contributed by atoms with van der Waals surface area (Å²) in [6.45, 7) is 0.974. The van der Waals surface area contributed by atoms with E-state index in [1.54, 1.807) is 36.4 Å². The predicted octanol–water partition coefficient (Wildman–Crippen LogP) is 2.35. The van der Waals surface area contributed by atoms with E-state index < -0.39 is 29.8 Å². The molecule has 1 heterocycles. The number of amides is 1. The van der Waals surface area contributed by atoms with Crippen molar-refractivity contribution >= 4 is 5.91 Å². The Morgan fingerprint density at radius 2 is 1.94 bits per heavy atom. The highest BCUT2D eigenvalue weighted by Crippen LogP contribution is 2.36. The van der Waals surface area contributed by atoms with Crippen LogP contribution >= 0.6 is 0 Å². The van der Waals surface area contributed by atoms with Crippen LogP contribution in [-0.2, 0) is 32.2 Å². The van der Waals surface area contributed by atoms with Gasteiger partial charge in [-0.1, -0.05) is 30.3 Å². The molecule has 2 aliphatic rings. The second kappa shape index (κ2) is 11.9. The van der Waals surface area contributed by atoms with E-state index in [0.717, 1.165) is 12.8 Å². The second-order valence-electron chi connectivity index (χ2n) is 9.34. The topological polar surface area (TPSA) is 121 Å². The summed E-state index contributed by atoms with van der Waals surface area (Å²) in [7, 11) is 0. The van der Waals surface area contributed by atoms with Crippen LogP contribution in [0.4, 0.5) is 4.39 Å². The Labute approximate surface area is 209 Å². The lowest BCUT2D eigenvalue weighted by Crippen LogP contribution is -2.61. The van der Waals surface area contributed by atoms with Gasteiger partial charge >= 0.3 is 0 Å². The van der Waals surface area contributed by atoms with Gasteiger partial charge in [-0.3, -0.25) is 4.79 Å². The third-order valence-electron chi connectivity index (χ3n) is 6.79. The fourth-order valence-corrected chi connectivity index (χ4v) is 4.69. The molecular weight excluding hydrogens is 467 g/mol. The number of benzene rings is 2. The van der Waals surface area contributed by atoms with Crippen molar-refractivity contribution in [2.45, 2.75) is 68.9 Å². The fraction of sp³-hybridized carbons (Fsp3) is 0.481. The second-order valence-corrected chi connectivity index (χ2v) is 9.34. The molecule has 0 aromatic heterocycles. The highest BCUT2D eigenvalue weighted by atomic mass is 19.1. The molecule has 0 radical (unpaired) electrons. The molecule has 1 aliphatic heterocycles. The Hall–Kier alpha value is -2.87. The van der Waals surface area contributed by atoms with Gasteiger partial charge in [0.25, 0.3) is 5.91 Å². The summed E-state index contributed by atoms with van der Waals surface area (Å²) in [5.74, 6) is -0.817. The van der Waals surface area contributed by atoms with Crippen LogP contribution in [0.5, 0.6) is 0 Å². The van der Waals surface area contributed by atoms with Crippen LogP contribution in [0.15, 0.2) is 48.5 Å². The monoisotopic (exact) mass is 498 g/mol. The predicted molar refractivity (Wildman–Crippen MR) is 127 cm³/mol. The standard InChI is InChI=1S/C27H31FN2O6/c28-21-9-7-18(8-10-21)16-36-27(26(33)30-15-22-6-3-11-34-22)12-23(31)25(32)24(13-27)35-17-20-5-2-1-4-19(20)14-29/h1-2,4-5,7-10,22-25,31-32H,3,6,11-13,15-17H2,(H,30,33)/t22?,23-,24?,25-,27+/m1/s1. The quantitative estimate of drug-likeness (QED) is 0.485. The summed E-state index contributed by atoms with van der Waals surface area (Å²) in [6, 6.07) is 14.8. The molecule has 2 unspecified atom stereocenters. The normalized spacial score (nSPS) is 27.9. The molecule has 0 bridgehead atoms. The van der Waals surface area contributed by atoms with Crippen molar-refractivity contribution in [3.8, 4) is 6.07 Å². The number of carbonyl (C=O) groups is 1. The van der Waals surface area contributed by atoms with Crippen molar-refractivity contribution in [3.05, 3.63) is 71.0 Å². The first-order valence-electron chi connectivity index (χ1n) is 12.1. The number of aliphatic hydroxyl groups is 2. The lowest BCUT2D eigenvalue weighted by atomic mass is 9.78. The number of ether oxygens (including phenoxy) is 3. The first kappa shape index (κ1) is 26.2.